The van der Waals surface area contributed by atoms with Crippen molar-refractivity contribution < 1.29 is 14.3 Å². The first-order valence-electron chi connectivity index (χ1n) is 7.06. The van der Waals surface area contributed by atoms with E-state index >= 15 is 0 Å². The van der Waals surface area contributed by atoms with Gasteiger partial charge in [0.1, 0.15) is 11.5 Å². The number of benzene rings is 2. The third-order valence-corrected chi connectivity index (χ3v) is 3.41. The van der Waals surface area contributed by atoms with E-state index in [0.29, 0.717) is 16.9 Å². The van der Waals surface area contributed by atoms with Crippen LogP contribution >= 0.6 is 0 Å². The predicted molar refractivity (Wildman–Crippen MR) is 88.7 cm³/mol. The van der Waals surface area contributed by atoms with Gasteiger partial charge in [0.25, 0.3) is 0 Å². The first-order valence-corrected chi connectivity index (χ1v) is 7.06. The van der Waals surface area contributed by atoms with Gasteiger partial charge in [0.2, 0.25) is 0 Å². The first-order chi connectivity index (χ1) is 10.5. The minimum Gasteiger partial charge on any atom is -0.497 e. The van der Waals surface area contributed by atoms with E-state index in [4.69, 9.17) is 9.47 Å². The molecule has 0 N–H and O–H groups in total. The molecule has 0 fully saturated rings. The molecule has 0 aromatic heterocycles. The molecule has 0 bridgehead atoms. The summed E-state index contributed by atoms with van der Waals surface area (Å²) >= 11 is 0. The van der Waals surface area contributed by atoms with Crippen molar-refractivity contribution in [1.82, 2.24) is 0 Å². The topological polar surface area (TPSA) is 35.5 Å². The first kappa shape index (κ1) is 15.8. The van der Waals surface area contributed by atoms with Crippen LogP contribution in [0.1, 0.15) is 28.4 Å². The lowest BCUT2D eigenvalue weighted by Gasteiger charge is -2.07. The van der Waals surface area contributed by atoms with Crippen molar-refractivity contribution in [2.24, 2.45) is 0 Å². The van der Waals surface area contributed by atoms with Crippen molar-refractivity contribution in [2.75, 3.05) is 14.2 Å². The van der Waals surface area contributed by atoms with Crippen LogP contribution in [0.15, 0.2) is 48.0 Å². The summed E-state index contributed by atoms with van der Waals surface area (Å²) in [6.07, 6.45) is 1.87. The van der Waals surface area contributed by atoms with E-state index in [2.05, 4.69) is 0 Å². The fourth-order valence-corrected chi connectivity index (χ4v) is 2.24. The maximum Gasteiger partial charge on any atom is 0.188 e. The van der Waals surface area contributed by atoms with Crippen LogP contribution in [0.3, 0.4) is 0 Å². The van der Waals surface area contributed by atoms with Gasteiger partial charge in [-0.3, -0.25) is 4.79 Å². The summed E-state index contributed by atoms with van der Waals surface area (Å²) in [6.45, 7) is 3.77. The molecule has 2 aromatic rings. The lowest BCUT2D eigenvalue weighted by molar-refractivity contribution is 0.103. The Balaban J connectivity index is 2.27. The standard InChI is InChI=1S/C19H20O3/c1-13-9-16(12-18(10-13)22-4)19(20)14(2)11-15-5-7-17(21-3)8-6-15/h5-12H,1-4H3/b14-11+. The highest BCUT2D eigenvalue weighted by molar-refractivity contribution is 6.11. The molecule has 0 aliphatic rings. The largest absolute Gasteiger partial charge is 0.497 e. The second kappa shape index (κ2) is 6.94. The fourth-order valence-electron chi connectivity index (χ4n) is 2.24. The second-order valence-electron chi connectivity index (χ2n) is 5.17. The lowest BCUT2D eigenvalue weighted by atomic mass is 10.0. The summed E-state index contributed by atoms with van der Waals surface area (Å²) in [4.78, 5) is 12.5. The molecule has 0 heterocycles. The number of aryl methyl sites for hydroxylation is 1. The Morgan fingerprint density at radius 1 is 0.955 bits per heavy atom. The second-order valence-corrected chi connectivity index (χ2v) is 5.17. The van der Waals surface area contributed by atoms with E-state index in [1.807, 2.05) is 56.3 Å². The molecule has 3 nitrogen and oxygen atoms in total. The van der Waals surface area contributed by atoms with Crippen LogP contribution < -0.4 is 9.47 Å². The van der Waals surface area contributed by atoms with E-state index in [9.17, 15) is 4.79 Å². The molecular weight excluding hydrogens is 276 g/mol. The van der Waals surface area contributed by atoms with E-state index < -0.39 is 0 Å². The Morgan fingerprint density at radius 2 is 1.59 bits per heavy atom. The van der Waals surface area contributed by atoms with Crippen molar-refractivity contribution in [3.8, 4) is 11.5 Å². The number of ketones is 1. The van der Waals surface area contributed by atoms with Crippen LogP contribution in [0.4, 0.5) is 0 Å². The zero-order chi connectivity index (χ0) is 16.1. The Labute approximate surface area is 131 Å². The third kappa shape index (κ3) is 3.76. The number of Topliss-reactive ketones (excluding diaryl/α,β-unsaturated/α-hetero) is 1. The number of ether oxygens (including phenoxy) is 2. The van der Waals surface area contributed by atoms with Crippen LogP contribution in [0.5, 0.6) is 11.5 Å². The van der Waals surface area contributed by atoms with E-state index in [-0.39, 0.29) is 5.78 Å². The minimum atomic E-state index is -0.00202. The van der Waals surface area contributed by atoms with Crippen molar-refractivity contribution in [1.29, 1.82) is 0 Å². The molecule has 2 aromatic carbocycles. The number of allylic oxidation sites excluding steroid dienone is 1. The Kier molecular flexibility index (Phi) is 4.99. The quantitative estimate of drug-likeness (QED) is 0.609. The van der Waals surface area contributed by atoms with Gasteiger partial charge in [0, 0.05) is 5.56 Å². The molecule has 0 atom stereocenters. The van der Waals surface area contributed by atoms with Gasteiger partial charge in [-0.25, -0.2) is 0 Å². The molecule has 22 heavy (non-hydrogen) atoms. The maximum absolute atomic E-state index is 12.5. The van der Waals surface area contributed by atoms with Gasteiger partial charge in [-0.05, 0) is 67.0 Å². The maximum atomic E-state index is 12.5. The molecular formula is C19H20O3. The van der Waals surface area contributed by atoms with Crippen molar-refractivity contribution in [3.63, 3.8) is 0 Å². The number of hydrogen-bond acceptors (Lipinski definition) is 3. The average Bonchev–Trinajstić information content (AvgIpc) is 2.54. The summed E-state index contributed by atoms with van der Waals surface area (Å²) in [5.41, 5.74) is 3.28. The summed E-state index contributed by atoms with van der Waals surface area (Å²) in [5, 5.41) is 0. The molecule has 0 unspecified atom stereocenters. The van der Waals surface area contributed by atoms with Crippen LogP contribution in [-0.4, -0.2) is 20.0 Å². The molecule has 0 amide bonds. The molecule has 0 saturated heterocycles. The average molecular weight is 296 g/mol. The molecule has 114 valence electrons. The Morgan fingerprint density at radius 3 is 2.18 bits per heavy atom. The molecule has 0 radical (unpaired) electrons. The monoisotopic (exact) mass is 296 g/mol. The van der Waals surface area contributed by atoms with E-state index in [1.54, 1.807) is 20.3 Å². The number of hydrogen-bond donors (Lipinski definition) is 0. The van der Waals surface area contributed by atoms with Crippen LogP contribution in [0.2, 0.25) is 0 Å². The summed E-state index contributed by atoms with van der Waals surface area (Å²) in [6, 6.07) is 13.1. The van der Waals surface area contributed by atoms with Gasteiger partial charge in [-0.2, -0.15) is 0 Å². The molecule has 0 aliphatic carbocycles. The Hall–Kier alpha value is -2.55. The van der Waals surface area contributed by atoms with Crippen LogP contribution in [0, 0.1) is 6.92 Å². The zero-order valence-electron chi connectivity index (χ0n) is 13.3. The van der Waals surface area contributed by atoms with E-state index in [0.717, 1.165) is 16.9 Å². The predicted octanol–water partition coefficient (Wildman–Crippen LogP) is 4.30. The minimum absolute atomic E-state index is 0.00202. The third-order valence-electron chi connectivity index (χ3n) is 3.41. The van der Waals surface area contributed by atoms with Gasteiger partial charge >= 0.3 is 0 Å². The number of methoxy groups -OCH3 is 2. The zero-order valence-corrected chi connectivity index (χ0v) is 13.3. The summed E-state index contributed by atoms with van der Waals surface area (Å²) in [5.74, 6) is 1.49. The van der Waals surface area contributed by atoms with Crippen LogP contribution in [-0.2, 0) is 0 Å². The van der Waals surface area contributed by atoms with Crippen LogP contribution in [0.25, 0.3) is 6.08 Å². The van der Waals surface area contributed by atoms with Gasteiger partial charge in [-0.1, -0.05) is 12.1 Å². The summed E-state index contributed by atoms with van der Waals surface area (Å²) < 4.78 is 10.4. The fraction of sp³-hybridized carbons (Fsp3) is 0.211. The molecule has 2 rings (SSSR count). The SMILES string of the molecule is COc1ccc(/C=C(\C)C(=O)c2cc(C)cc(OC)c2)cc1. The van der Waals surface area contributed by atoms with Gasteiger partial charge in [0.05, 0.1) is 14.2 Å². The number of rotatable bonds is 5. The normalized spacial score (nSPS) is 11.2. The van der Waals surface area contributed by atoms with Gasteiger partial charge in [-0.15, -0.1) is 0 Å². The molecule has 0 saturated carbocycles. The Bertz CT molecular complexity index is 697. The highest BCUT2D eigenvalue weighted by atomic mass is 16.5. The van der Waals surface area contributed by atoms with Crippen molar-refractivity contribution in [2.45, 2.75) is 13.8 Å². The highest BCUT2D eigenvalue weighted by Gasteiger charge is 2.10. The molecule has 0 spiro atoms. The summed E-state index contributed by atoms with van der Waals surface area (Å²) in [7, 11) is 3.23. The van der Waals surface area contributed by atoms with Crippen molar-refractivity contribution >= 4 is 11.9 Å². The van der Waals surface area contributed by atoms with E-state index in [1.165, 1.54) is 0 Å². The number of carbonyl (C=O) groups excluding carboxylic acids is 1. The molecule has 3 heteroatoms. The van der Waals surface area contributed by atoms with Crippen molar-refractivity contribution in [3.05, 3.63) is 64.7 Å². The van der Waals surface area contributed by atoms with Gasteiger partial charge < -0.3 is 9.47 Å². The van der Waals surface area contributed by atoms with Gasteiger partial charge in [0.15, 0.2) is 5.78 Å². The lowest BCUT2D eigenvalue weighted by Crippen LogP contribution is -2.02. The number of carbonyl (C=O) groups is 1. The smallest absolute Gasteiger partial charge is 0.188 e. The highest BCUT2D eigenvalue weighted by Crippen LogP contribution is 2.20. The molecule has 0 aliphatic heterocycles.